The van der Waals surface area contributed by atoms with E-state index in [9.17, 15) is 5.11 Å². The van der Waals surface area contributed by atoms with Gasteiger partial charge in [-0.3, -0.25) is 0 Å². The van der Waals surface area contributed by atoms with Gasteiger partial charge >= 0.3 is 0 Å². The molecule has 0 atom stereocenters. The molecule has 0 aliphatic heterocycles. The van der Waals surface area contributed by atoms with Crippen LogP contribution in [0.4, 0.5) is 0 Å². The summed E-state index contributed by atoms with van der Waals surface area (Å²) in [6.07, 6.45) is 0. The zero-order valence-corrected chi connectivity index (χ0v) is 10.8. The molecule has 0 unspecified atom stereocenters. The number of methoxy groups -OCH3 is 2. The number of benzene rings is 1. The van der Waals surface area contributed by atoms with Crippen molar-refractivity contribution in [2.75, 3.05) is 20.8 Å². The van der Waals surface area contributed by atoms with Gasteiger partial charge in [-0.05, 0) is 6.07 Å². The number of rotatable bonds is 4. The number of halogens is 1. The first kappa shape index (κ1) is 13.1. The van der Waals surface area contributed by atoms with Crippen molar-refractivity contribution in [3.05, 3.63) is 22.7 Å². The quantitative estimate of drug-likeness (QED) is 0.885. The van der Waals surface area contributed by atoms with Gasteiger partial charge in [-0.25, -0.2) is 0 Å². The molecule has 4 heteroatoms. The fourth-order valence-electron chi connectivity index (χ4n) is 1.51. The molecule has 0 bridgehead atoms. The van der Waals surface area contributed by atoms with Crippen LogP contribution in [0, 0.1) is 0 Å². The maximum atomic E-state index is 9.35. The van der Waals surface area contributed by atoms with Crippen molar-refractivity contribution in [1.82, 2.24) is 0 Å². The highest BCUT2D eigenvalue weighted by Crippen LogP contribution is 2.41. The second kappa shape index (κ2) is 4.93. The molecule has 3 nitrogen and oxygen atoms in total. The lowest BCUT2D eigenvalue weighted by atomic mass is 9.85. The van der Waals surface area contributed by atoms with E-state index in [4.69, 9.17) is 21.1 Å². The minimum atomic E-state index is -0.402. The van der Waals surface area contributed by atoms with Gasteiger partial charge in [0.2, 0.25) is 0 Å². The zero-order chi connectivity index (χ0) is 12.3. The summed E-state index contributed by atoms with van der Waals surface area (Å²) in [6.45, 7) is 3.87. The highest BCUT2D eigenvalue weighted by atomic mass is 35.5. The smallest absolute Gasteiger partial charge is 0.145 e. The van der Waals surface area contributed by atoms with E-state index in [1.165, 1.54) is 0 Å². The maximum Gasteiger partial charge on any atom is 0.145 e. The van der Waals surface area contributed by atoms with Gasteiger partial charge < -0.3 is 14.6 Å². The van der Waals surface area contributed by atoms with Gasteiger partial charge in [0, 0.05) is 11.0 Å². The van der Waals surface area contributed by atoms with Crippen LogP contribution >= 0.6 is 11.6 Å². The lowest BCUT2D eigenvalue weighted by molar-refractivity contribution is 0.214. The van der Waals surface area contributed by atoms with Crippen LogP contribution < -0.4 is 9.47 Å². The van der Waals surface area contributed by atoms with E-state index in [1.807, 2.05) is 19.9 Å². The topological polar surface area (TPSA) is 38.7 Å². The third-order valence-corrected chi connectivity index (χ3v) is 2.97. The van der Waals surface area contributed by atoms with E-state index in [0.29, 0.717) is 16.5 Å². The summed E-state index contributed by atoms with van der Waals surface area (Å²) >= 11 is 6.15. The molecule has 1 N–H and O–H groups in total. The molecule has 0 fully saturated rings. The zero-order valence-electron chi connectivity index (χ0n) is 10.0. The Morgan fingerprint density at radius 3 is 2.31 bits per heavy atom. The second-order valence-electron chi connectivity index (χ2n) is 4.20. The summed E-state index contributed by atoms with van der Waals surface area (Å²) in [5.74, 6) is 1.12. The van der Waals surface area contributed by atoms with E-state index in [2.05, 4.69) is 0 Å². The first-order valence-corrected chi connectivity index (χ1v) is 5.37. The van der Waals surface area contributed by atoms with Gasteiger partial charge in [0.15, 0.2) is 0 Å². The van der Waals surface area contributed by atoms with Crippen molar-refractivity contribution in [1.29, 1.82) is 0 Å². The molecule has 0 aliphatic carbocycles. The molecular weight excluding hydrogens is 228 g/mol. The Balaban J connectivity index is 3.37. The Morgan fingerprint density at radius 1 is 1.25 bits per heavy atom. The predicted molar refractivity (Wildman–Crippen MR) is 64.7 cm³/mol. The van der Waals surface area contributed by atoms with E-state index >= 15 is 0 Å². The lowest BCUT2D eigenvalue weighted by Gasteiger charge is -2.25. The Bertz CT molecular complexity index is 375. The normalized spacial score (nSPS) is 11.4. The summed E-state index contributed by atoms with van der Waals surface area (Å²) in [7, 11) is 3.11. The summed E-state index contributed by atoms with van der Waals surface area (Å²) < 4.78 is 10.4. The fraction of sp³-hybridized carbons (Fsp3) is 0.500. The Hall–Kier alpha value is -0.930. The van der Waals surface area contributed by atoms with Gasteiger partial charge in [-0.1, -0.05) is 31.5 Å². The number of hydrogen-bond donors (Lipinski definition) is 1. The average molecular weight is 245 g/mol. The molecule has 0 aliphatic rings. The number of aliphatic hydroxyl groups is 1. The highest BCUT2D eigenvalue weighted by molar-refractivity contribution is 6.33. The average Bonchev–Trinajstić information content (AvgIpc) is 2.28. The predicted octanol–water partition coefficient (Wildman–Crippen LogP) is 2.63. The molecule has 0 spiro atoms. The van der Waals surface area contributed by atoms with Crippen LogP contribution in [0.5, 0.6) is 11.5 Å². The van der Waals surface area contributed by atoms with Crippen LogP contribution in [0.3, 0.4) is 0 Å². The van der Waals surface area contributed by atoms with Crippen molar-refractivity contribution in [2.24, 2.45) is 0 Å². The van der Waals surface area contributed by atoms with Crippen molar-refractivity contribution in [3.8, 4) is 11.5 Å². The van der Waals surface area contributed by atoms with Crippen LogP contribution in [0.15, 0.2) is 12.1 Å². The van der Waals surface area contributed by atoms with Gasteiger partial charge in [0.1, 0.15) is 16.5 Å². The molecule has 0 amide bonds. The van der Waals surface area contributed by atoms with Crippen molar-refractivity contribution < 1.29 is 14.6 Å². The standard InChI is InChI=1S/C12H17ClO3/c1-12(2,7-14)8-5-6-9(15-3)10(13)11(8)16-4/h5-6,14H,7H2,1-4H3. The van der Waals surface area contributed by atoms with E-state index in [1.54, 1.807) is 20.3 Å². The Labute approximate surface area is 101 Å². The van der Waals surface area contributed by atoms with E-state index in [0.717, 1.165) is 5.56 Å². The molecule has 1 aromatic rings. The SMILES string of the molecule is COc1ccc(C(C)(C)CO)c(OC)c1Cl. The number of ether oxygens (including phenoxy) is 2. The van der Waals surface area contributed by atoms with Gasteiger partial charge in [0.05, 0.1) is 20.8 Å². The van der Waals surface area contributed by atoms with Gasteiger partial charge in [0.25, 0.3) is 0 Å². The molecule has 1 rings (SSSR count). The van der Waals surface area contributed by atoms with Crippen LogP contribution in [-0.2, 0) is 5.41 Å². The molecule has 90 valence electrons. The summed E-state index contributed by atoms with van der Waals surface area (Å²) in [4.78, 5) is 0. The van der Waals surface area contributed by atoms with Crippen molar-refractivity contribution >= 4 is 11.6 Å². The van der Waals surface area contributed by atoms with Crippen molar-refractivity contribution in [2.45, 2.75) is 19.3 Å². The summed E-state index contributed by atoms with van der Waals surface area (Å²) in [5, 5.41) is 9.79. The molecular formula is C12H17ClO3. The lowest BCUT2D eigenvalue weighted by Crippen LogP contribution is -2.23. The summed E-state index contributed by atoms with van der Waals surface area (Å²) in [6, 6.07) is 3.64. The largest absolute Gasteiger partial charge is 0.495 e. The highest BCUT2D eigenvalue weighted by Gasteiger charge is 2.26. The monoisotopic (exact) mass is 244 g/mol. The third-order valence-electron chi connectivity index (χ3n) is 2.61. The second-order valence-corrected chi connectivity index (χ2v) is 4.58. The van der Waals surface area contributed by atoms with Gasteiger partial charge in [-0.2, -0.15) is 0 Å². The van der Waals surface area contributed by atoms with Crippen LogP contribution in [0.25, 0.3) is 0 Å². The maximum absolute atomic E-state index is 9.35. The molecule has 0 saturated heterocycles. The molecule has 0 radical (unpaired) electrons. The molecule has 0 heterocycles. The van der Waals surface area contributed by atoms with Gasteiger partial charge in [-0.15, -0.1) is 0 Å². The molecule has 16 heavy (non-hydrogen) atoms. The van der Waals surface area contributed by atoms with Crippen LogP contribution in [-0.4, -0.2) is 25.9 Å². The number of hydrogen-bond acceptors (Lipinski definition) is 3. The fourth-order valence-corrected chi connectivity index (χ4v) is 1.83. The first-order chi connectivity index (χ1) is 7.47. The van der Waals surface area contributed by atoms with Crippen molar-refractivity contribution in [3.63, 3.8) is 0 Å². The molecule has 0 saturated carbocycles. The Kier molecular flexibility index (Phi) is 4.05. The third kappa shape index (κ3) is 2.25. The van der Waals surface area contributed by atoms with E-state index in [-0.39, 0.29) is 6.61 Å². The number of aliphatic hydroxyl groups excluding tert-OH is 1. The summed E-state index contributed by atoms with van der Waals surface area (Å²) in [5.41, 5.74) is 0.463. The Morgan fingerprint density at radius 2 is 1.88 bits per heavy atom. The minimum Gasteiger partial charge on any atom is -0.495 e. The van der Waals surface area contributed by atoms with Crippen LogP contribution in [0.1, 0.15) is 19.4 Å². The minimum absolute atomic E-state index is 0.0199. The first-order valence-electron chi connectivity index (χ1n) is 4.99. The van der Waals surface area contributed by atoms with Crippen LogP contribution in [0.2, 0.25) is 5.02 Å². The van der Waals surface area contributed by atoms with E-state index < -0.39 is 5.41 Å². The molecule has 1 aromatic carbocycles. The molecule has 0 aromatic heterocycles.